The summed E-state index contributed by atoms with van der Waals surface area (Å²) in [7, 11) is 1.56. The molecule has 0 aliphatic heterocycles. The lowest BCUT2D eigenvalue weighted by Gasteiger charge is -2.07. The van der Waals surface area contributed by atoms with Crippen LogP contribution in [0.5, 0.6) is 5.75 Å². The fourth-order valence-corrected chi connectivity index (χ4v) is 2.11. The first-order chi connectivity index (χ1) is 8.63. The zero-order chi connectivity index (χ0) is 13.1. The van der Waals surface area contributed by atoms with Crippen molar-refractivity contribution in [3.63, 3.8) is 0 Å². The Morgan fingerprint density at radius 3 is 2.61 bits per heavy atom. The number of nitro groups is 1. The predicted octanol–water partition coefficient (Wildman–Crippen LogP) is 4.03. The van der Waals surface area contributed by atoms with Crippen molar-refractivity contribution in [2.75, 3.05) is 7.11 Å². The van der Waals surface area contributed by atoms with E-state index >= 15 is 0 Å². The highest BCUT2D eigenvalue weighted by molar-refractivity contribution is 9.10. The highest BCUT2D eigenvalue weighted by atomic mass is 79.9. The summed E-state index contributed by atoms with van der Waals surface area (Å²) in [5.41, 5.74) is 1.41. The molecule has 0 saturated carbocycles. The van der Waals surface area contributed by atoms with Gasteiger partial charge in [-0.3, -0.25) is 10.1 Å². The van der Waals surface area contributed by atoms with Crippen LogP contribution in [0.15, 0.2) is 46.9 Å². The third-order valence-corrected chi connectivity index (χ3v) is 3.22. The summed E-state index contributed by atoms with van der Waals surface area (Å²) in [5.74, 6) is 0.644. The van der Waals surface area contributed by atoms with E-state index in [0.717, 1.165) is 10.0 Å². The first-order valence-corrected chi connectivity index (χ1v) is 6.00. The molecule has 92 valence electrons. The van der Waals surface area contributed by atoms with Crippen LogP contribution in [0.25, 0.3) is 11.1 Å². The second kappa shape index (κ2) is 5.18. The molecule has 0 heterocycles. The molecule has 0 radical (unpaired) electrons. The second-order valence-electron chi connectivity index (χ2n) is 3.62. The molecule has 5 heteroatoms. The van der Waals surface area contributed by atoms with Gasteiger partial charge in [-0.1, -0.05) is 18.2 Å². The zero-order valence-electron chi connectivity index (χ0n) is 9.59. The van der Waals surface area contributed by atoms with Crippen molar-refractivity contribution in [3.05, 3.63) is 57.1 Å². The molecular weight excluding hydrogens is 298 g/mol. The third kappa shape index (κ3) is 2.36. The Balaban J connectivity index is 2.58. The van der Waals surface area contributed by atoms with Crippen LogP contribution >= 0.6 is 15.9 Å². The molecule has 0 unspecified atom stereocenters. The number of benzene rings is 2. The van der Waals surface area contributed by atoms with Gasteiger partial charge in [0.05, 0.1) is 22.1 Å². The Labute approximate surface area is 112 Å². The van der Waals surface area contributed by atoms with Crippen molar-refractivity contribution in [1.82, 2.24) is 0 Å². The van der Waals surface area contributed by atoms with E-state index in [9.17, 15) is 10.1 Å². The highest BCUT2D eigenvalue weighted by Gasteiger charge is 2.15. The molecule has 2 rings (SSSR count). The maximum Gasteiger partial charge on any atom is 0.277 e. The molecule has 0 spiro atoms. The van der Waals surface area contributed by atoms with Crippen molar-refractivity contribution >= 4 is 21.6 Å². The Morgan fingerprint density at radius 1 is 1.22 bits per heavy atom. The molecule has 0 saturated heterocycles. The number of rotatable bonds is 3. The van der Waals surface area contributed by atoms with Gasteiger partial charge in [0, 0.05) is 6.07 Å². The fraction of sp³-hybridized carbons (Fsp3) is 0.0769. The van der Waals surface area contributed by atoms with Crippen LogP contribution < -0.4 is 4.74 Å². The van der Waals surface area contributed by atoms with Crippen molar-refractivity contribution in [3.8, 4) is 16.9 Å². The Morgan fingerprint density at radius 2 is 1.94 bits per heavy atom. The van der Waals surface area contributed by atoms with Crippen LogP contribution in [0.3, 0.4) is 0 Å². The van der Waals surface area contributed by atoms with E-state index in [1.807, 2.05) is 12.1 Å². The summed E-state index contributed by atoms with van der Waals surface area (Å²) < 4.78 is 6.00. The summed E-state index contributed by atoms with van der Waals surface area (Å²) in [6.45, 7) is 0. The van der Waals surface area contributed by atoms with Crippen molar-refractivity contribution in [2.45, 2.75) is 0 Å². The lowest BCUT2D eigenvalue weighted by Crippen LogP contribution is -1.92. The van der Waals surface area contributed by atoms with Gasteiger partial charge in [0.2, 0.25) is 0 Å². The van der Waals surface area contributed by atoms with Gasteiger partial charge in [-0.05, 0) is 39.7 Å². The molecular formula is C13H10BrNO3. The number of halogens is 1. The van der Waals surface area contributed by atoms with Gasteiger partial charge in [0.25, 0.3) is 5.69 Å². The Hall–Kier alpha value is -1.88. The molecule has 0 atom stereocenters. The van der Waals surface area contributed by atoms with Gasteiger partial charge >= 0.3 is 0 Å². The number of nitrogens with zero attached hydrogens (tertiary/aromatic N) is 1. The van der Waals surface area contributed by atoms with E-state index in [1.54, 1.807) is 31.4 Å². The predicted molar refractivity (Wildman–Crippen MR) is 72.8 cm³/mol. The largest absolute Gasteiger partial charge is 0.496 e. The molecule has 18 heavy (non-hydrogen) atoms. The minimum atomic E-state index is -0.385. The second-order valence-corrected chi connectivity index (χ2v) is 4.48. The fourth-order valence-electron chi connectivity index (χ4n) is 1.70. The van der Waals surface area contributed by atoms with Crippen LogP contribution in [0.1, 0.15) is 0 Å². The van der Waals surface area contributed by atoms with Crippen LogP contribution in [0, 0.1) is 10.1 Å². The standard InChI is InChI=1S/C13H10BrNO3/c1-18-13-8-9(6-7-11(13)14)10-4-2-3-5-12(10)15(16)17/h2-8H,1H3. The molecule has 0 bridgehead atoms. The maximum atomic E-state index is 11.0. The van der Waals surface area contributed by atoms with Crippen molar-refractivity contribution < 1.29 is 9.66 Å². The highest BCUT2D eigenvalue weighted by Crippen LogP contribution is 2.34. The van der Waals surface area contributed by atoms with Gasteiger partial charge in [0.1, 0.15) is 5.75 Å². The molecule has 0 aliphatic carbocycles. The van der Waals surface area contributed by atoms with Gasteiger partial charge in [-0.15, -0.1) is 0 Å². The minimum absolute atomic E-state index is 0.0851. The van der Waals surface area contributed by atoms with Crippen LogP contribution in [-0.2, 0) is 0 Å². The van der Waals surface area contributed by atoms with E-state index in [1.165, 1.54) is 6.07 Å². The molecule has 2 aromatic carbocycles. The van der Waals surface area contributed by atoms with Gasteiger partial charge in [-0.2, -0.15) is 0 Å². The van der Waals surface area contributed by atoms with Crippen LogP contribution in [0.2, 0.25) is 0 Å². The summed E-state index contributed by atoms with van der Waals surface area (Å²) in [6.07, 6.45) is 0. The van der Waals surface area contributed by atoms with Crippen LogP contribution in [-0.4, -0.2) is 12.0 Å². The normalized spacial score (nSPS) is 10.1. The van der Waals surface area contributed by atoms with Gasteiger partial charge in [-0.25, -0.2) is 0 Å². The van der Waals surface area contributed by atoms with Crippen molar-refractivity contribution in [1.29, 1.82) is 0 Å². The molecule has 0 aromatic heterocycles. The topological polar surface area (TPSA) is 52.4 Å². The summed E-state index contributed by atoms with van der Waals surface area (Å²) in [6, 6.07) is 12.0. The van der Waals surface area contributed by atoms with Gasteiger partial charge < -0.3 is 4.74 Å². The quantitative estimate of drug-likeness (QED) is 0.635. The van der Waals surface area contributed by atoms with E-state index in [0.29, 0.717) is 11.3 Å². The average Bonchev–Trinajstić information content (AvgIpc) is 2.39. The monoisotopic (exact) mass is 307 g/mol. The third-order valence-electron chi connectivity index (χ3n) is 2.56. The number of methoxy groups -OCH3 is 1. The van der Waals surface area contributed by atoms with Crippen LogP contribution in [0.4, 0.5) is 5.69 Å². The molecule has 0 amide bonds. The summed E-state index contributed by atoms with van der Waals surface area (Å²) in [4.78, 5) is 10.6. The summed E-state index contributed by atoms with van der Waals surface area (Å²) in [5, 5.41) is 11.0. The SMILES string of the molecule is COc1cc(-c2ccccc2[N+](=O)[O-])ccc1Br. The number of hydrogen-bond donors (Lipinski definition) is 0. The number of ether oxygens (including phenoxy) is 1. The van der Waals surface area contributed by atoms with E-state index < -0.39 is 0 Å². The van der Waals surface area contributed by atoms with E-state index in [-0.39, 0.29) is 10.6 Å². The number of nitro benzene ring substituents is 1. The molecule has 0 fully saturated rings. The maximum absolute atomic E-state index is 11.0. The van der Waals surface area contributed by atoms with E-state index in [2.05, 4.69) is 15.9 Å². The zero-order valence-corrected chi connectivity index (χ0v) is 11.2. The molecule has 0 aliphatic rings. The molecule has 4 nitrogen and oxygen atoms in total. The molecule has 2 aromatic rings. The lowest BCUT2D eigenvalue weighted by molar-refractivity contribution is -0.384. The molecule has 0 N–H and O–H groups in total. The minimum Gasteiger partial charge on any atom is -0.496 e. The van der Waals surface area contributed by atoms with Gasteiger partial charge in [0.15, 0.2) is 0 Å². The summed E-state index contributed by atoms with van der Waals surface area (Å²) >= 11 is 3.35. The smallest absolute Gasteiger partial charge is 0.277 e. The Bertz CT molecular complexity index is 599. The van der Waals surface area contributed by atoms with Crippen molar-refractivity contribution in [2.24, 2.45) is 0 Å². The van der Waals surface area contributed by atoms with E-state index in [4.69, 9.17) is 4.74 Å². The number of hydrogen-bond acceptors (Lipinski definition) is 3. The first kappa shape index (κ1) is 12.6. The average molecular weight is 308 g/mol. The number of para-hydroxylation sites is 1. The first-order valence-electron chi connectivity index (χ1n) is 5.21. The lowest BCUT2D eigenvalue weighted by atomic mass is 10.0. The Kier molecular flexibility index (Phi) is 3.62.